The topological polar surface area (TPSA) is 49.6 Å². The van der Waals surface area contributed by atoms with Crippen molar-refractivity contribution in [3.05, 3.63) is 35.9 Å². The minimum Gasteiger partial charge on any atom is -0.340 e. The molecule has 0 aliphatic carbocycles. The molecule has 21 heavy (non-hydrogen) atoms. The van der Waals surface area contributed by atoms with Gasteiger partial charge in [0, 0.05) is 19.1 Å². The zero-order valence-electron chi connectivity index (χ0n) is 13.2. The van der Waals surface area contributed by atoms with Crippen molar-refractivity contribution in [3.63, 3.8) is 0 Å². The Morgan fingerprint density at radius 1 is 1.33 bits per heavy atom. The molecule has 4 heteroatoms. The number of benzene rings is 1. The molecule has 1 aromatic rings. The number of nitrogens with two attached hydrogens (primary N) is 1. The van der Waals surface area contributed by atoms with Gasteiger partial charge in [-0.05, 0) is 31.5 Å². The first kappa shape index (κ1) is 16.0. The number of carbonyl (C=O) groups is 1. The molecule has 2 N–H and O–H groups in total. The van der Waals surface area contributed by atoms with Crippen molar-refractivity contribution in [2.75, 3.05) is 26.2 Å². The van der Waals surface area contributed by atoms with Gasteiger partial charge in [-0.2, -0.15) is 0 Å². The number of hydrogen-bond acceptors (Lipinski definition) is 3. The van der Waals surface area contributed by atoms with Crippen LogP contribution in [0.25, 0.3) is 0 Å². The van der Waals surface area contributed by atoms with Gasteiger partial charge in [-0.1, -0.05) is 44.2 Å². The van der Waals surface area contributed by atoms with Gasteiger partial charge in [0.25, 0.3) is 0 Å². The number of likely N-dealkylation sites (tertiary alicyclic amines) is 1. The predicted octanol–water partition coefficient (Wildman–Crippen LogP) is 1.50. The van der Waals surface area contributed by atoms with E-state index in [1.165, 1.54) is 0 Å². The van der Waals surface area contributed by atoms with Crippen LogP contribution >= 0.6 is 0 Å². The highest BCUT2D eigenvalue weighted by Crippen LogP contribution is 2.16. The SMILES string of the molecule is CCN(CC)C1CCN(C(=O)C(N)Cc2ccccc2)C1. The Hall–Kier alpha value is -1.39. The molecular weight excluding hydrogens is 262 g/mol. The maximum Gasteiger partial charge on any atom is 0.239 e. The number of carbonyl (C=O) groups excluding carboxylic acids is 1. The van der Waals surface area contributed by atoms with Gasteiger partial charge in [0.1, 0.15) is 0 Å². The number of nitrogens with zero attached hydrogens (tertiary/aromatic N) is 2. The van der Waals surface area contributed by atoms with Crippen molar-refractivity contribution in [1.29, 1.82) is 0 Å². The summed E-state index contributed by atoms with van der Waals surface area (Å²) in [5, 5.41) is 0. The van der Waals surface area contributed by atoms with Crippen molar-refractivity contribution in [2.45, 2.75) is 38.8 Å². The maximum absolute atomic E-state index is 12.5. The third kappa shape index (κ3) is 4.05. The Morgan fingerprint density at radius 2 is 2.00 bits per heavy atom. The molecule has 1 saturated heterocycles. The fourth-order valence-electron chi connectivity index (χ4n) is 3.17. The maximum atomic E-state index is 12.5. The summed E-state index contributed by atoms with van der Waals surface area (Å²) in [7, 11) is 0. The Bertz CT molecular complexity index is 445. The van der Waals surface area contributed by atoms with Crippen molar-refractivity contribution in [1.82, 2.24) is 9.80 Å². The van der Waals surface area contributed by atoms with E-state index in [-0.39, 0.29) is 5.91 Å². The summed E-state index contributed by atoms with van der Waals surface area (Å²) in [6, 6.07) is 10.1. The Kier molecular flexibility index (Phi) is 5.76. The summed E-state index contributed by atoms with van der Waals surface area (Å²) in [5.41, 5.74) is 7.23. The van der Waals surface area contributed by atoms with E-state index >= 15 is 0 Å². The molecule has 2 atom stereocenters. The predicted molar refractivity (Wildman–Crippen MR) is 86.0 cm³/mol. The van der Waals surface area contributed by atoms with Gasteiger partial charge < -0.3 is 10.6 Å². The van der Waals surface area contributed by atoms with E-state index in [0.29, 0.717) is 12.5 Å². The molecule has 1 aromatic carbocycles. The highest BCUT2D eigenvalue weighted by Gasteiger charge is 2.31. The third-order valence-electron chi connectivity index (χ3n) is 4.42. The molecule has 2 rings (SSSR count). The molecule has 0 saturated carbocycles. The van der Waals surface area contributed by atoms with E-state index in [4.69, 9.17) is 5.73 Å². The average molecular weight is 289 g/mol. The van der Waals surface area contributed by atoms with E-state index < -0.39 is 6.04 Å². The van der Waals surface area contributed by atoms with Crippen LogP contribution in [0.3, 0.4) is 0 Å². The minimum absolute atomic E-state index is 0.0912. The molecule has 116 valence electrons. The molecule has 1 fully saturated rings. The van der Waals surface area contributed by atoms with Crippen LogP contribution in [-0.4, -0.2) is 54.0 Å². The lowest BCUT2D eigenvalue weighted by atomic mass is 10.1. The first-order valence-electron chi connectivity index (χ1n) is 7.98. The van der Waals surface area contributed by atoms with Gasteiger partial charge in [0.15, 0.2) is 0 Å². The lowest BCUT2D eigenvalue weighted by Gasteiger charge is -2.27. The van der Waals surface area contributed by atoms with E-state index in [2.05, 4.69) is 18.7 Å². The molecule has 0 radical (unpaired) electrons. The molecule has 1 amide bonds. The van der Waals surface area contributed by atoms with E-state index in [1.54, 1.807) is 0 Å². The number of hydrogen-bond donors (Lipinski definition) is 1. The van der Waals surface area contributed by atoms with Crippen LogP contribution in [-0.2, 0) is 11.2 Å². The fraction of sp³-hybridized carbons (Fsp3) is 0.588. The van der Waals surface area contributed by atoms with Crippen LogP contribution in [0.1, 0.15) is 25.8 Å². The third-order valence-corrected chi connectivity index (χ3v) is 4.42. The van der Waals surface area contributed by atoms with Crippen LogP contribution in [0.2, 0.25) is 0 Å². The normalized spacial score (nSPS) is 20.0. The van der Waals surface area contributed by atoms with Gasteiger partial charge in [-0.15, -0.1) is 0 Å². The Balaban J connectivity index is 1.89. The van der Waals surface area contributed by atoms with E-state index in [9.17, 15) is 4.79 Å². The lowest BCUT2D eigenvalue weighted by Crippen LogP contribution is -2.45. The quantitative estimate of drug-likeness (QED) is 0.863. The summed E-state index contributed by atoms with van der Waals surface area (Å²) in [6.07, 6.45) is 1.68. The lowest BCUT2D eigenvalue weighted by molar-refractivity contribution is -0.131. The molecule has 2 unspecified atom stereocenters. The van der Waals surface area contributed by atoms with Crippen LogP contribution in [0.15, 0.2) is 30.3 Å². The summed E-state index contributed by atoms with van der Waals surface area (Å²) >= 11 is 0. The highest BCUT2D eigenvalue weighted by molar-refractivity contribution is 5.82. The van der Waals surface area contributed by atoms with Gasteiger partial charge in [0.2, 0.25) is 5.91 Å². The Labute approximate surface area is 127 Å². The molecule has 0 spiro atoms. The second-order valence-corrected chi connectivity index (χ2v) is 5.74. The van der Waals surface area contributed by atoms with Gasteiger partial charge in [-0.3, -0.25) is 9.69 Å². The van der Waals surface area contributed by atoms with E-state index in [1.807, 2.05) is 35.2 Å². The van der Waals surface area contributed by atoms with Gasteiger partial charge in [-0.25, -0.2) is 0 Å². The second-order valence-electron chi connectivity index (χ2n) is 5.74. The summed E-state index contributed by atoms with van der Waals surface area (Å²) in [5.74, 6) is 0.0912. The number of rotatable bonds is 6. The smallest absolute Gasteiger partial charge is 0.239 e. The first-order chi connectivity index (χ1) is 10.2. The van der Waals surface area contributed by atoms with E-state index in [0.717, 1.165) is 38.2 Å². The molecule has 1 aliphatic rings. The average Bonchev–Trinajstić information content (AvgIpc) is 2.98. The Morgan fingerprint density at radius 3 is 2.62 bits per heavy atom. The standard InChI is InChI=1S/C17H27N3O/c1-3-19(4-2)15-10-11-20(13-15)17(21)16(18)12-14-8-6-5-7-9-14/h5-9,15-16H,3-4,10-13,18H2,1-2H3. The van der Waals surface area contributed by atoms with Crippen LogP contribution in [0.4, 0.5) is 0 Å². The summed E-state index contributed by atoms with van der Waals surface area (Å²) < 4.78 is 0. The largest absolute Gasteiger partial charge is 0.340 e. The number of amides is 1. The van der Waals surface area contributed by atoms with Crippen molar-refractivity contribution in [2.24, 2.45) is 5.73 Å². The van der Waals surface area contributed by atoms with Crippen LogP contribution in [0.5, 0.6) is 0 Å². The summed E-state index contributed by atoms with van der Waals surface area (Å²) in [6.45, 7) is 8.09. The van der Waals surface area contributed by atoms with Gasteiger partial charge in [0.05, 0.1) is 6.04 Å². The number of likely N-dealkylation sites (N-methyl/N-ethyl adjacent to an activating group) is 1. The van der Waals surface area contributed by atoms with Crippen LogP contribution < -0.4 is 5.73 Å². The highest BCUT2D eigenvalue weighted by atomic mass is 16.2. The monoisotopic (exact) mass is 289 g/mol. The van der Waals surface area contributed by atoms with Crippen molar-refractivity contribution in [3.8, 4) is 0 Å². The van der Waals surface area contributed by atoms with Crippen molar-refractivity contribution >= 4 is 5.91 Å². The molecule has 0 aromatic heterocycles. The van der Waals surface area contributed by atoms with Crippen LogP contribution in [0, 0.1) is 0 Å². The minimum atomic E-state index is -0.428. The molecular formula is C17H27N3O. The molecule has 1 aliphatic heterocycles. The molecule has 1 heterocycles. The zero-order valence-corrected chi connectivity index (χ0v) is 13.2. The fourth-order valence-corrected chi connectivity index (χ4v) is 3.17. The van der Waals surface area contributed by atoms with Crippen molar-refractivity contribution < 1.29 is 4.79 Å². The molecule has 0 bridgehead atoms. The first-order valence-corrected chi connectivity index (χ1v) is 7.98. The molecule has 4 nitrogen and oxygen atoms in total. The summed E-state index contributed by atoms with van der Waals surface area (Å²) in [4.78, 5) is 16.8. The zero-order chi connectivity index (χ0) is 15.2. The van der Waals surface area contributed by atoms with Gasteiger partial charge >= 0.3 is 0 Å². The second kappa shape index (κ2) is 7.57.